The van der Waals surface area contributed by atoms with Crippen molar-refractivity contribution in [1.29, 1.82) is 0 Å². The molecule has 0 aliphatic carbocycles. The Kier molecular flexibility index (Phi) is 3.88. The summed E-state index contributed by atoms with van der Waals surface area (Å²) in [4.78, 5) is 15.2. The van der Waals surface area contributed by atoms with Gasteiger partial charge in [-0.1, -0.05) is 23.4 Å². The first-order valence-corrected chi connectivity index (χ1v) is 6.46. The molecule has 0 radical (unpaired) electrons. The molecule has 0 bridgehead atoms. The molecule has 0 aliphatic rings. The SMILES string of the molecule is CC(Sc1n[nH]c(-c2ccc(Cl)cc2)n1)C(N)=O. The second-order valence-electron chi connectivity index (χ2n) is 3.64. The average Bonchev–Trinajstić information content (AvgIpc) is 2.78. The third-order valence-electron chi connectivity index (χ3n) is 2.27. The van der Waals surface area contributed by atoms with Crippen LogP contribution in [0.25, 0.3) is 11.4 Å². The molecule has 1 unspecified atom stereocenters. The molecule has 0 spiro atoms. The normalized spacial score (nSPS) is 12.3. The maximum Gasteiger partial charge on any atom is 0.230 e. The summed E-state index contributed by atoms with van der Waals surface area (Å²) in [6, 6.07) is 7.24. The van der Waals surface area contributed by atoms with Crippen molar-refractivity contribution in [2.45, 2.75) is 17.3 Å². The smallest absolute Gasteiger partial charge is 0.230 e. The number of thioether (sulfide) groups is 1. The van der Waals surface area contributed by atoms with Crippen LogP contribution in [-0.4, -0.2) is 26.3 Å². The number of nitrogens with zero attached hydrogens (tertiary/aromatic N) is 2. The van der Waals surface area contributed by atoms with Crippen LogP contribution in [0.1, 0.15) is 6.92 Å². The summed E-state index contributed by atoms with van der Waals surface area (Å²) in [6.07, 6.45) is 0. The van der Waals surface area contributed by atoms with Gasteiger partial charge >= 0.3 is 0 Å². The number of hydrogen-bond acceptors (Lipinski definition) is 4. The third-order valence-corrected chi connectivity index (χ3v) is 3.50. The van der Waals surface area contributed by atoms with Crippen molar-refractivity contribution in [2.75, 3.05) is 0 Å². The summed E-state index contributed by atoms with van der Waals surface area (Å²) in [5.41, 5.74) is 6.06. The number of hydrogen-bond donors (Lipinski definition) is 2. The molecule has 0 aliphatic heterocycles. The lowest BCUT2D eigenvalue weighted by atomic mass is 10.2. The van der Waals surface area contributed by atoms with Crippen LogP contribution < -0.4 is 5.73 Å². The summed E-state index contributed by atoms with van der Waals surface area (Å²) >= 11 is 7.02. The molecule has 0 saturated carbocycles. The zero-order valence-corrected chi connectivity index (χ0v) is 11.1. The number of nitrogens with one attached hydrogen (secondary N) is 1. The molecule has 7 heteroatoms. The van der Waals surface area contributed by atoms with Crippen molar-refractivity contribution in [3.05, 3.63) is 29.3 Å². The number of halogens is 1. The topological polar surface area (TPSA) is 84.7 Å². The number of H-pyrrole nitrogens is 1. The van der Waals surface area contributed by atoms with Gasteiger partial charge in [-0.25, -0.2) is 4.98 Å². The van der Waals surface area contributed by atoms with Crippen LogP contribution >= 0.6 is 23.4 Å². The van der Waals surface area contributed by atoms with Crippen molar-refractivity contribution < 1.29 is 4.79 Å². The van der Waals surface area contributed by atoms with Gasteiger partial charge in [0.1, 0.15) is 0 Å². The molecule has 2 rings (SSSR count). The van der Waals surface area contributed by atoms with E-state index >= 15 is 0 Å². The molecule has 3 N–H and O–H groups in total. The summed E-state index contributed by atoms with van der Waals surface area (Å²) in [6.45, 7) is 1.71. The van der Waals surface area contributed by atoms with Crippen LogP contribution in [0.4, 0.5) is 0 Å². The minimum absolute atomic E-state index is 0.362. The van der Waals surface area contributed by atoms with Crippen LogP contribution in [0.3, 0.4) is 0 Å². The molecule has 1 aromatic carbocycles. The molecule has 1 heterocycles. The summed E-state index contributed by atoms with van der Waals surface area (Å²) in [5, 5.41) is 7.62. The molecule has 1 aromatic heterocycles. The first-order chi connectivity index (χ1) is 8.56. The highest BCUT2D eigenvalue weighted by atomic mass is 35.5. The number of rotatable bonds is 4. The van der Waals surface area contributed by atoms with Gasteiger partial charge in [0.15, 0.2) is 5.82 Å². The first kappa shape index (κ1) is 12.9. The van der Waals surface area contributed by atoms with E-state index in [2.05, 4.69) is 15.2 Å². The highest BCUT2D eigenvalue weighted by Gasteiger charge is 2.14. The molecule has 5 nitrogen and oxygen atoms in total. The van der Waals surface area contributed by atoms with E-state index in [1.807, 2.05) is 12.1 Å². The number of benzene rings is 1. The van der Waals surface area contributed by atoms with Crippen molar-refractivity contribution in [2.24, 2.45) is 5.73 Å². The van der Waals surface area contributed by atoms with Gasteiger partial charge in [0.25, 0.3) is 0 Å². The van der Waals surface area contributed by atoms with Crippen molar-refractivity contribution >= 4 is 29.3 Å². The van der Waals surface area contributed by atoms with Gasteiger partial charge in [-0.2, -0.15) is 0 Å². The zero-order valence-electron chi connectivity index (χ0n) is 9.55. The fourth-order valence-corrected chi connectivity index (χ4v) is 2.05. The number of primary amides is 1. The Hall–Kier alpha value is -1.53. The molecule has 18 heavy (non-hydrogen) atoms. The van der Waals surface area contributed by atoms with Crippen LogP contribution in [0, 0.1) is 0 Å². The first-order valence-electron chi connectivity index (χ1n) is 5.20. The Morgan fingerprint density at radius 2 is 2.11 bits per heavy atom. The Morgan fingerprint density at radius 3 is 2.72 bits per heavy atom. The summed E-state index contributed by atoms with van der Waals surface area (Å²) in [5.74, 6) is 0.240. The maximum atomic E-state index is 10.9. The van der Waals surface area contributed by atoms with E-state index in [1.54, 1.807) is 19.1 Å². The molecule has 1 amide bonds. The van der Waals surface area contributed by atoms with Crippen molar-refractivity contribution in [3.8, 4) is 11.4 Å². The van der Waals surface area contributed by atoms with Crippen molar-refractivity contribution in [1.82, 2.24) is 15.2 Å². The molecule has 2 aromatic rings. The van der Waals surface area contributed by atoms with Gasteiger partial charge in [0.05, 0.1) is 5.25 Å². The Balaban J connectivity index is 2.15. The lowest BCUT2D eigenvalue weighted by Gasteiger charge is -2.01. The van der Waals surface area contributed by atoms with Crippen LogP contribution in [0.5, 0.6) is 0 Å². The van der Waals surface area contributed by atoms with E-state index in [-0.39, 0.29) is 5.25 Å². The summed E-state index contributed by atoms with van der Waals surface area (Å²) in [7, 11) is 0. The van der Waals surface area contributed by atoms with Gasteiger partial charge in [-0.15, -0.1) is 5.10 Å². The molecule has 0 fully saturated rings. The van der Waals surface area contributed by atoms with Gasteiger partial charge < -0.3 is 5.73 Å². The lowest BCUT2D eigenvalue weighted by Crippen LogP contribution is -2.22. The molecule has 94 valence electrons. The minimum atomic E-state index is -0.391. The Labute approximate surface area is 113 Å². The van der Waals surface area contributed by atoms with Gasteiger partial charge in [0, 0.05) is 10.6 Å². The number of carbonyl (C=O) groups excluding carboxylic acids is 1. The fraction of sp³-hybridized carbons (Fsp3) is 0.182. The van der Waals surface area contributed by atoms with E-state index in [0.29, 0.717) is 16.0 Å². The molecular weight excluding hydrogens is 272 g/mol. The van der Waals surface area contributed by atoms with Crippen LogP contribution in [0.2, 0.25) is 5.02 Å². The Morgan fingerprint density at radius 1 is 1.44 bits per heavy atom. The van der Waals surface area contributed by atoms with Gasteiger partial charge in [0.2, 0.25) is 11.1 Å². The van der Waals surface area contributed by atoms with E-state index < -0.39 is 5.91 Å². The highest BCUT2D eigenvalue weighted by molar-refractivity contribution is 8.00. The van der Waals surface area contributed by atoms with Gasteiger partial charge in [-0.05, 0) is 31.2 Å². The van der Waals surface area contributed by atoms with E-state index in [0.717, 1.165) is 5.56 Å². The van der Waals surface area contributed by atoms with Crippen LogP contribution in [-0.2, 0) is 4.79 Å². The third kappa shape index (κ3) is 3.02. The quantitative estimate of drug-likeness (QED) is 0.841. The second-order valence-corrected chi connectivity index (χ2v) is 5.38. The lowest BCUT2D eigenvalue weighted by molar-refractivity contribution is -0.117. The average molecular weight is 283 g/mol. The summed E-state index contributed by atoms with van der Waals surface area (Å²) < 4.78 is 0. The highest BCUT2D eigenvalue weighted by Crippen LogP contribution is 2.23. The van der Waals surface area contributed by atoms with E-state index in [1.165, 1.54) is 11.8 Å². The number of amides is 1. The number of nitrogens with two attached hydrogens (primary N) is 1. The predicted molar refractivity (Wildman–Crippen MR) is 71.3 cm³/mol. The minimum Gasteiger partial charge on any atom is -0.369 e. The molecular formula is C11H11ClN4OS. The molecule has 0 saturated heterocycles. The maximum absolute atomic E-state index is 10.9. The largest absolute Gasteiger partial charge is 0.369 e. The fourth-order valence-electron chi connectivity index (χ4n) is 1.25. The van der Waals surface area contributed by atoms with Crippen molar-refractivity contribution in [3.63, 3.8) is 0 Å². The number of aromatic amines is 1. The second kappa shape index (κ2) is 5.41. The predicted octanol–water partition coefficient (Wildman–Crippen LogP) is 2.09. The van der Waals surface area contributed by atoms with E-state index in [9.17, 15) is 4.79 Å². The number of aromatic nitrogens is 3. The Bertz CT molecular complexity index is 554. The zero-order chi connectivity index (χ0) is 13.1. The van der Waals surface area contributed by atoms with E-state index in [4.69, 9.17) is 17.3 Å². The molecule has 1 atom stereocenters. The van der Waals surface area contributed by atoms with Gasteiger partial charge in [-0.3, -0.25) is 9.89 Å². The monoisotopic (exact) mass is 282 g/mol. The van der Waals surface area contributed by atoms with Crippen LogP contribution in [0.15, 0.2) is 29.4 Å². The standard InChI is InChI=1S/C11H11ClN4OS/c1-6(9(13)17)18-11-14-10(15-16-11)7-2-4-8(12)5-3-7/h2-6H,1H3,(H2,13,17)(H,14,15,16). The number of carbonyl (C=O) groups is 1.